The number of hydrogen-bond acceptors (Lipinski definition) is 3. The quantitative estimate of drug-likeness (QED) is 0.896. The zero-order chi connectivity index (χ0) is 13.8. The Morgan fingerprint density at radius 1 is 1.37 bits per heavy atom. The van der Waals surface area contributed by atoms with Crippen LogP contribution >= 0.6 is 15.9 Å². The number of carbonyl (C=O) groups is 1. The Kier molecular flexibility index (Phi) is 4.52. The number of halogens is 1. The smallest absolute Gasteiger partial charge is 0.319 e. The van der Waals surface area contributed by atoms with E-state index in [-0.39, 0.29) is 12.1 Å². The third kappa shape index (κ3) is 3.53. The molecule has 0 aromatic heterocycles. The Labute approximate surface area is 120 Å². The molecule has 1 aliphatic rings. The molecule has 1 atom stereocenters. The van der Waals surface area contributed by atoms with Gasteiger partial charge >= 0.3 is 6.03 Å². The zero-order valence-electron chi connectivity index (χ0n) is 11.0. The number of carbonyl (C=O) groups excluding carboxylic acids is 1. The summed E-state index contributed by atoms with van der Waals surface area (Å²) in [6.45, 7) is 5.04. The van der Waals surface area contributed by atoms with Crippen molar-refractivity contribution in [2.75, 3.05) is 18.5 Å². The Morgan fingerprint density at radius 3 is 2.63 bits per heavy atom. The van der Waals surface area contributed by atoms with Crippen molar-refractivity contribution in [3.63, 3.8) is 0 Å². The van der Waals surface area contributed by atoms with Crippen LogP contribution in [0.25, 0.3) is 0 Å². The van der Waals surface area contributed by atoms with E-state index >= 15 is 0 Å². The fourth-order valence-electron chi connectivity index (χ4n) is 1.64. The highest BCUT2D eigenvalue weighted by molar-refractivity contribution is 9.10. The minimum absolute atomic E-state index is 0.135. The summed E-state index contributed by atoms with van der Waals surface area (Å²) < 4.78 is 11.7. The third-order valence-electron chi connectivity index (χ3n) is 2.87. The van der Waals surface area contributed by atoms with E-state index in [4.69, 9.17) is 9.47 Å². The lowest BCUT2D eigenvalue weighted by molar-refractivity contribution is 0.171. The van der Waals surface area contributed by atoms with Gasteiger partial charge in [0.1, 0.15) is 13.2 Å². The Bertz CT molecular complexity index is 479. The second-order valence-corrected chi connectivity index (χ2v) is 5.24. The number of nitrogens with one attached hydrogen (secondary N) is 2. The monoisotopic (exact) mass is 328 g/mol. The van der Waals surface area contributed by atoms with Gasteiger partial charge in [-0.05, 0) is 29.3 Å². The second-order valence-electron chi connectivity index (χ2n) is 4.38. The molecule has 0 saturated carbocycles. The minimum atomic E-state index is -0.230. The highest BCUT2D eigenvalue weighted by atomic mass is 79.9. The van der Waals surface area contributed by atoms with Gasteiger partial charge in [0.25, 0.3) is 0 Å². The lowest BCUT2D eigenvalue weighted by Crippen LogP contribution is -2.35. The van der Waals surface area contributed by atoms with Crippen LogP contribution in [0.3, 0.4) is 0 Å². The Morgan fingerprint density at radius 2 is 2.00 bits per heavy atom. The number of rotatable bonds is 3. The maximum Gasteiger partial charge on any atom is 0.319 e. The first-order valence-corrected chi connectivity index (χ1v) is 7.06. The summed E-state index contributed by atoms with van der Waals surface area (Å²) in [5, 5.41) is 5.64. The van der Waals surface area contributed by atoms with Crippen molar-refractivity contribution in [1.82, 2.24) is 5.32 Å². The Balaban J connectivity index is 2.10. The van der Waals surface area contributed by atoms with Gasteiger partial charge in [-0.15, -0.1) is 0 Å². The summed E-state index contributed by atoms with van der Waals surface area (Å²) >= 11 is 3.41. The molecule has 1 unspecified atom stereocenters. The van der Waals surface area contributed by atoms with Gasteiger partial charge in [-0.25, -0.2) is 4.79 Å². The van der Waals surface area contributed by atoms with E-state index in [1.807, 2.05) is 13.8 Å². The van der Waals surface area contributed by atoms with Crippen LogP contribution in [-0.4, -0.2) is 25.3 Å². The lowest BCUT2D eigenvalue weighted by atomic mass is 10.2. The molecule has 0 bridgehead atoms. The third-order valence-corrected chi connectivity index (χ3v) is 3.53. The second kappa shape index (κ2) is 6.14. The number of ether oxygens (including phenoxy) is 2. The van der Waals surface area contributed by atoms with Gasteiger partial charge in [0.05, 0.1) is 5.69 Å². The molecule has 6 heteroatoms. The molecule has 0 radical (unpaired) electrons. The highest BCUT2D eigenvalue weighted by Crippen LogP contribution is 2.38. The standard InChI is InChI=1S/C13H17BrN2O3/c1-3-8(2)15-13(17)16-10-7-12-11(6-9(10)14)18-4-5-19-12/h6-8H,3-5H2,1-2H3,(H2,15,16,17). The largest absolute Gasteiger partial charge is 0.486 e. The number of urea groups is 1. The average molecular weight is 329 g/mol. The molecular formula is C13H17BrN2O3. The van der Waals surface area contributed by atoms with Gasteiger partial charge in [-0.3, -0.25) is 0 Å². The van der Waals surface area contributed by atoms with Crippen molar-refractivity contribution in [2.45, 2.75) is 26.3 Å². The molecule has 2 N–H and O–H groups in total. The normalized spacial score (nSPS) is 14.7. The van der Waals surface area contributed by atoms with E-state index in [0.717, 1.165) is 10.9 Å². The van der Waals surface area contributed by atoms with Crippen molar-refractivity contribution in [3.05, 3.63) is 16.6 Å². The molecule has 0 saturated heterocycles. The average Bonchev–Trinajstić information content (AvgIpc) is 2.39. The molecule has 0 spiro atoms. The summed E-state index contributed by atoms with van der Waals surface area (Å²) in [5.74, 6) is 1.33. The van der Waals surface area contributed by atoms with Gasteiger partial charge in [0, 0.05) is 22.6 Å². The van der Waals surface area contributed by atoms with Crippen LogP contribution in [0.4, 0.5) is 10.5 Å². The van der Waals surface area contributed by atoms with Crippen molar-refractivity contribution < 1.29 is 14.3 Å². The molecule has 1 aliphatic heterocycles. The number of anilines is 1. The van der Waals surface area contributed by atoms with E-state index in [1.54, 1.807) is 12.1 Å². The van der Waals surface area contributed by atoms with Crippen LogP contribution < -0.4 is 20.1 Å². The fraction of sp³-hybridized carbons (Fsp3) is 0.462. The molecule has 1 heterocycles. The van der Waals surface area contributed by atoms with Crippen LogP contribution in [0.2, 0.25) is 0 Å². The molecule has 1 aromatic rings. The molecule has 0 fully saturated rings. The van der Waals surface area contributed by atoms with Crippen LogP contribution in [-0.2, 0) is 0 Å². The molecule has 2 rings (SSSR count). The van der Waals surface area contributed by atoms with Gasteiger partial charge in [-0.2, -0.15) is 0 Å². The molecule has 5 nitrogen and oxygen atoms in total. The summed E-state index contributed by atoms with van der Waals surface area (Å²) in [5.41, 5.74) is 0.657. The van der Waals surface area contributed by atoms with Crippen LogP contribution in [0.5, 0.6) is 11.5 Å². The number of amides is 2. The predicted molar refractivity (Wildman–Crippen MR) is 77.0 cm³/mol. The van der Waals surface area contributed by atoms with E-state index in [9.17, 15) is 4.79 Å². The van der Waals surface area contributed by atoms with Crippen molar-refractivity contribution >= 4 is 27.6 Å². The van der Waals surface area contributed by atoms with Crippen molar-refractivity contribution in [1.29, 1.82) is 0 Å². The maximum atomic E-state index is 11.8. The molecular weight excluding hydrogens is 312 g/mol. The number of fused-ring (bicyclic) bond motifs is 1. The summed E-state index contributed by atoms with van der Waals surface area (Å²) in [7, 11) is 0. The van der Waals surface area contributed by atoms with Crippen molar-refractivity contribution in [2.24, 2.45) is 0 Å². The first-order chi connectivity index (χ1) is 9.10. The first kappa shape index (κ1) is 14.0. The summed E-state index contributed by atoms with van der Waals surface area (Å²) in [6.07, 6.45) is 0.885. The van der Waals surface area contributed by atoms with Gasteiger partial charge in [0.15, 0.2) is 11.5 Å². The zero-order valence-corrected chi connectivity index (χ0v) is 12.5. The highest BCUT2D eigenvalue weighted by Gasteiger charge is 2.16. The minimum Gasteiger partial charge on any atom is -0.486 e. The van der Waals surface area contributed by atoms with Gasteiger partial charge < -0.3 is 20.1 Å². The SMILES string of the molecule is CCC(C)NC(=O)Nc1cc2c(cc1Br)OCCO2. The lowest BCUT2D eigenvalue weighted by Gasteiger charge is -2.20. The number of benzene rings is 1. The van der Waals surface area contributed by atoms with E-state index in [2.05, 4.69) is 26.6 Å². The van der Waals surface area contributed by atoms with E-state index < -0.39 is 0 Å². The molecule has 2 amide bonds. The van der Waals surface area contributed by atoms with Crippen LogP contribution in [0, 0.1) is 0 Å². The summed E-state index contributed by atoms with van der Waals surface area (Å²) in [4.78, 5) is 11.8. The van der Waals surface area contributed by atoms with Crippen LogP contribution in [0.15, 0.2) is 16.6 Å². The molecule has 0 aliphatic carbocycles. The van der Waals surface area contributed by atoms with Crippen molar-refractivity contribution in [3.8, 4) is 11.5 Å². The van der Waals surface area contributed by atoms with Gasteiger partial charge in [-0.1, -0.05) is 6.92 Å². The summed E-state index contributed by atoms with van der Waals surface area (Å²) in [6, 6.07) is 3.46. The first-order valence-electron chi connectivity index (χ1n) is 6.26. The predicted octanol–water partition coefficient (Wildman–Crippen LogP) is 3.14. The van der Waals surface area contributed by atoms with Gasteiger partial charge in [0.2, 0.25) is 0 Å². The van der Waals surface area contributed by atoms with E-state index in [1.165, 1.54) is 0 Å². The van der Waals surface area contributed by atoms with Crippen LogP contribution in [0.1, 0.15) is 20.3 Å². The van der Waals surface area contributed by atoms with E-state index in [0.29, 0.717) is 30.4 Å². The fourth-order valence-corrected chi connectivity index (χ4v) is 2.07. The Hall–Kier alpha value is -1.43. The molecule has 19 heavy (non-hydrogen) atoms. The molecule has 104 valence electrons. The molecule has 1 aromatic carbocycles. The maximum absolute atomic E-state index is 11.8. The topological polar surface area (TPSA) is 59.6 Å². The number of hydrogen-bond donors (Lipinski definition) is 2.